The van der Waals surface area contributed by atoms with Crippen LogP contribution in [0.3, 0.4) is 0 Å². The molecule has 0 radical (unpaired) electrons. The Kier molecular flexibility index (Phi) is 7.52. The third-order valence-corrected chi connectivity index (χ3v) is 4.73. The molecule has 0 aromatic heterocycles. The molecule has 4 heteroatoms. The molecule has 3 rings (SSSR count). The van der Waals surface area contributed by atoms with E-state index in [1.165, 1.54) is 0 Å². The highest BCUT2D eigenvalue weighted by atomic mass is 16.6. The largest absolute Gasteiger partial charge is 0.488 e. The van der Waals surface area contributed by atoms with Crippen LogP contribution in [0.15, 0.2) is 79.4 Å². The molecule has 30 heavy (non-hydrogen) atoms. The Morgan fingerprint density at radius 2 is 1.37 bits per heavy atom. The topological polar surface area (TPSA) is 39.7 Å². The molecule has 0 atom stereocenters. The number of hydroxylamine groups is 1. The van der Waals surface area contributed by atoms with Crippen LogP contribution in [-0.4, -0.2) is 7.05 Å². The third-order valence-electron chi connectivity index (χ3n) is 4.73. The SMILES string of the molecule is C=C(ONC)c1cc(C(C)C)c(OCc2ccccc2)cc1OCc1ccccc1. The van der Waals surface area contributed by atoms with Gasteiger partial charge in [-0.1, -0.05) is 81.1 Å². The number of nitrogens with one attached hydrogen (secondary N) is 1. The zero-order valence-corrected chi connectivity index (χ0v) is 17.9. The molecule has 3 aromatic rings. The van der Waals surface area contributed by atoms with Gasteiger partial charge in [0.15, 0.2) is 5.76 Å². The number of hydrogen-bond acceptors (Lipinski definition) is 4. The molecule has 4 nitrogen and oxygen atoms in total. The van der Waals surface area contributed by atoms with Gasteiger partial charge in [0, 0.05) is 13.1 Å². The first-order valence-electron chi connectivity index (χ1n) is 10.1. The van der Waals surface area contributed by atoms with E-state index in [0.717, 1.165) is 28.0 Å². The summed E-state index contributed by atoms with van der Waals surface area (Å²) in [5.41, 5.74) is 6.77. The highest BCUT2D eigenvalue weighted by Crippen LogP contribution is 2.37. The highest BCUT2D eigenvalue weighted by Gasteiger charge is 2.18. The maximum atomic E-state index is 6.21. The lowest BCUT2D eigenvalue weighted by atomic mass is 9.98. The zero-order valence-electron chi connectivity index (χ0n) is 17.9. The van der Waals surface area contributed by atoms with Crippen molar-refractivity contribution >= 4 is 5.76 Å². The second-order valence-corrected chi connectivity index (χ2v) is 7.32. The summed E-state index contributed by atoms with van der Waals surface area (Å²) in [7, 11) is 1.70. The summed E-state index contributed by atoms with van der Waals surface area (Å²) in [5, 5.41) is 0. The van der Waals surface area contributed by atoms with E-state index < -0.39 is 0 Å². The predicted octanol–water partition coefficient (Wildman–Crippen LogP) is 6.09. The Morgan fingerprint density at radius 1 is 0.833 bits per heavy atom. The number of rotatable bonds is 10. The minimum absolute atomic E-state index is 0.264. The van der Waals surface area contributed by atoms with Crippen LogP contribution in [0.4, 0.5) is 0 Å². The fourth-order valence-corrected chi connectivity index (χ4v) is 3.14. The van der Waals surface area contributed by atoms with E-state index in [2.05, 4.69) is 38.0 Å². The highest BCUT2D eigenvalue weighted by molar-refractivity contribution is 5.67. The zero-order chi connectivity index (χ0) is 21.3. The average molecular weight is 404 g/mol. The van der Waals surface area contributed by atoms with Crippen LogP contribution in [0.5, 0.6) is 11.5 Å². The van der Waals surface area contributed by atoms with E-state index >= 15 is 0 Å². The number of hydrogen-bond donors (Lipinski definition) is 1. The van der Waals surface area contributed by atoms with Gasteiger partial charge in [0.1, 0.15) is 24.7 Å². The van der Waals surface area contributed by atoms with Gasteiger partial charge in [-0.15, -0.1) is 0 Å². The normalized spacial score (nSPS) is 10.7. The smallest absolute Gasteiger partial charge is 0.150 e. The molecule has 0 unspecified atom stereocenters. The molecule has 0 fully saturated rings. The predicted molar refractivity (Wildman–Crippen MR) is 121 cm³/mol. The molecular weight excluding hydrogens is 374 g/mol. The second kappa shape index (κ2) is 10.5. The molecule has 3 aromatic carbocycles. The summed E-state index contributed by atoms with van der Waals surface area (Å²) in [4.78, 5) is 5.46. The number of benzene rings is 3. The standard InChI is InChI=1S/C26H29NO3/c1-19(2)23-15-24(20(3)30-27-4)26(29-18-22-13-9-6-10-14-22)16-25(23)28-17-21-11-7-5-8-12-21/h5-16,19,27H,3,17-18H2,1-2,4H3. The van der Waals surface area contributed by atoms with Crippen molar-refractivity contribution in [1.29, 1.82) is 0 Å². The summed E-state index contributed by atoms with van der Waals surface area (Å²) in [6.45, 7) is 9.26. The quantitative estimate of drug-likeness (QED) is 0.328. The first-order chi connectivity index (χ1) is 14.6. The molecule has 0 bridgehead atoms. The van der Waals surface area contributed by atoms with Crippen molar-refractivity contribution in [1.82, 2.24) is 5.48 Å². The molecule has 0 saturated carbocycles. The first-order valence-corrected chi connectivity index (χ1v) is 10.1. The number of ether oxygens (including phenoxy) is 2. The van der Waals surface area contributed by atoms with Gasteiger partial charge in [0.25, 0.3) is 0 Å². The maximum absolute atomic E-state index is 6.21. The Balaban J connectivity index is 1.92. The van der Waals surface area contributed by atoms with Crippen LogP contribution in [0.2, 0.25) is 0 Å². The minimum Gasteiger partial charge on any atom is -0.488 e. The van der Waals surface area contributed by atoms with Crippen LogP contribution >= 0.6 is 0 Å². The van der Waals surface area contributed by atoms with Crippen molar-refractivity contribution in [3.8, 4) is 11.5 Å². The van der Waals surface area contributed by atoms with E-state index in [4.69, 9.17) is 14.3 Å². The van der Waals surface area contributed by atoms with E-state index in [1.54, 1.807) is 7.05 Å². The molecule has 0 amide bonds. The Labute approximate surface area is 179 Å². The van der Waals surface area contributed by atoms with Crippen LogP contribution in [0, 0.1) is 0 Å². The molecule has 0 aliphatic carbocycles. The lowest BCUT2D eigenvalue weighted by Gasteiger charge is -2.20. The molecular formula is C26H29NO3. The van der Waals surface area contributed by atoms with E-state index in [9.17, 15) is 0 Å². The maximum Gasteiger partial charge on any atom is 0.150 e. The van der Waals surface area contributed by atoms with Gasteiger partial charge in [-0.2, -0.15) is 5.48 Å². The van der Waals surface area contributed by atoms with Gasteiger partial charge >= 0.3 is 0 Å². The second-order valence-electron chi connectivity index (χ2n) is 7.32. The van der Waals surface area contributed by atoms with Gasteiger partial charge in [0.2, 0.25) is 0 Å². The summed E-state index contributed by atoms with van der Waals surface area (Å²) in [6.07, 6.45) is 0. The van der Waals surface area contributed by atoms with Crippen molar-refractivity contribution in [3.05, 3.63) is 102 Å². The van der Waals surface area contributed by atoms with E-state index in [0.29, 0.717) is 24.7 Å². The Hall–Kier alpha value is -3.24. The fourth-order valence-electron chi connectivity index (χ4n) is 3.14. The summed E-state index contributed by atoms with van der Waals surface area (Å²) >= 11 is 0. The van der Waals surface area contributed by atoms with Gasteiger partial charge < -0.3 is 14.3 Å². The molecule has 0 spiro atoms. The van der Waals surface area contributed by atoms with E-state index in [1.807, 2.05) is 60.7 Å². The summed E-state index contributed by atoms with van der Waals surface area (Å²) in [6, 6.07) is 24.2. The molecule has 0 heterocycles. The van der Waals surface area contributed by atoms with Crippen LogP contribution in [0.1, 0.15) is 42.0 Å². The fraction of sp³-hybridized carbons (Fsp3) is 0.231. The van der Waals surface area contributed by atoms with Crippen molar-refractivity contribution in [2.24, 2.45) is 0 Å². The van der Waals surface area contributed by atoms with Crippen molar-refractivity contribution in [2.75, 3.05) is 7.05 Å². The Morgan fingerprint density at radius 3 is 1.87 bits per heavy atom. The molecule has 0 aliphatic rings. The average Bonchev–Trinajstić information content (AvgIpc) is 2.77. The lowest BCUT2D eigenvalue weighted by Crippen LogP contribution is -2.09. The van der Waals surface area contributed by atoms with Crippen LogP contribution < -0.4 is 15.0 Å². The minimum atomic E-state index is 0.264. The molecule has 0 aliphatic heterocycles. The van der Waals surface area contributed by atoms with Crippen LogP contribution in [0.25, 0.3) is 5.76 Å². The van der Waals surface area contributed by atoms with Gasteiger partial charge in [-0.3, -0.25) is 0 Å². The molecule has 0 saturated heterocycles. The van der Waals surface area contributed by atoms with Crippen molar-refractivity contribution < 1.29 is 14.3 Å². The monoisotopic (exact) mass is 403 g/mol. The van der Waals surface area contributed by atoms with E-state index in [-0.39, 0.29) is 5.92 Å². The molecule has 1 N–H and O–H groups in total. The van der Waals surface area contributed by atoms with Crippen molar-refractivity contribution in [2.45, 2.75) is 33.0 Å². The van der Waals surface area contributed by atoms with Crippen LogP contribution in [-0.2, 0) is 18.1 Å². The lowest BCUT2D eigenvalue weighted by molar-refractivity contribution is 0.183. The van der Waals surface area contributed by atoms with Crippen molar-refractivity contribution in [3.63, 3.8) is 0 Å². The summed E-state index contributed by atoms with van der Waals surface area (Å²) in [5.74, 6) is 2.24. The van der Waals surface area contributed by atoms with Gasteiger partial charge in [0.05, 0.1) is 5.56 Å². The van der Waals surface area contributed by atoms with Gasteiger partial charge in [-0.25, -0.2) is 0 Å². The Bertz CT molecular complexity index is 953. The summed E-state index contributed by atoms with van der Waals surface area (Å²) < 4.78 is 12.4. The molecule has 156 valence electrons. The first kappa shape index (κ1) is 21.5. The van der Waals surface area contributed by atoms with Gasteiger partial charge in [-0.05, 0) is 28.7 Å². The third kappa shape index (κ3) is 5.65.